The van der Waals surface area contributed by atoms with Crippen LogP contribution in [0.1, 0.15) is 19.8 Å². The molecular formula is C25H33F5O12S. The lowest BCUT2D eigenvalue weighted by Gasteiger charge is -2.46. The minimum Gasteiger partial charge on any atom is -0.420 e. The molecule has 2 fully saturated rings. The van der Waals surface area contributed by atoms with Gasteiger partial charge in [0.05, 0.1) is 32.3 Å². The average molecular weight is 653 g/mol. The number of halogens is 5. The van der Waals surface area contributed by atoms with Crippen molar-refractivity contribution in [3.63, 3.8) is 0 Å². The lowest BCUT2D eigenvalue weighted by molar-refractivity contribution is -0.351. The van der Waals surface area contributed by atoms with Crippen LogP contribution in [0.15, 0.2) is 0 Å². The monoisotopic (exact) mass is 652 g/mol. The zero-order chi connectivity index (χ0) is 32.0. The molecule has 1 aromatic rings. The number of esters is 1. The quantitative estimate of drug-likeness (QED) is 0.0409. The molecule has 0 saturated carbocycles. The Kier molecular flexibility index (Phi) is 13.3. The summed E-state index contributed by atoms with van der Waals surface area (Å²) >= 11 is 1.20. The van der Waals surface area contributed by atoms with Crippen LogP contribution in [0.4, 0.5) is 22.0 Å². The van der Waals surface area contributed by atoms with Crippen LogP contribution in [0.2, 0.25) is 0 Å². The van der Waals surface area contributed by atoms with Crippen molar-refractivity contribution in [2.75, 3.05) is 31.3 Å². The Bertz CT molecular complexity index is 1060. The zero-order valence-electron chi connectivity index (χ0n) is 22.7. The van der Waals surface area contributed by atoms with Gasteiger partial charge in [-0.05, 0) is 12.2 Å². The third-order valence-corrected chi connectivity index (χ3v) is 7.91. The first-order valence-corrected chi connectivity index (χ1v) is 14.3. The van der Waals surface area contributed by atoms with Gasteiger partial charge in [0.25, 0.3) is 0 Å². The molecule has 0 amide bonds. The highest BCUT2D eigenvalue weighted by molar-refractivity contribution is 7.99. The average Bonchev–Trinajstić information content (AvgIpc) is 2.99. The number of carbonyl (C=O) groups excluding carboxylic acids is 1. The summed E-state index contributed by atoms with van der Waals surface area (Å²) in [6.45, 7) is 0.352. The molecule has 10 atom stereocenters. The van der Waals surface area contributed by atoms with Gasteiger partial charge in [0.2, 0.25) is 34.8 Å². The third-order valence-electron chi connectivity index (χ3n) is 6.84. The summed E-state index contributed by atoms with van der Waals surface area (Å²) in [6, 6.07) is 0. The molecule has 246 valence electrons. The van der Waals surface area contributed by atoms with Gasteiger partial charge >= 0.3 is 5.97 Å². The molecular weight excluding hydrogens is 619 g/mol. The standard InChI is InChI=1S/C25H33F5O12S/c1-9-22(42-25-21(37)20(36)18(34)10(7-31)40-25)19(35)11(8-32)39-24(9)38-4-2-5-43-6-3-12(33)41-23-16(29)14(27)13(26)15(28)17(23)30/h9-11,18-22,24-25,31-32,34-37H,2-8H2,1H3/t9?,10?,11?,18-,19-,20-,21?,22+,24-,25-/m0/s1. The van der Waals surface area contributed by atoms with E-state index in [0.717, 1.165) is 0 Å². The fourth-order valence-electron chi connectivity index (χ4n) is 4.39. The van der Waals surface area contributed by atoms with E-state index in [9.17, 15) is 57.4 Å². The van der Waals surface area contributed by atoms with E-state index in [1.807, 2.05) is 0 Å². The summed E-state index contributed by atoms with van der Waals surface area (Å²) in [5.74, 6) is -14.5. The van der Waals surface area contributed by atoms with Gasteiger partial charge in [-0.25, -0.2) is 13.2 Å². The van der Waals surface area contributed by atoms with Crippen molar-refractivity contribution in [1.29, 1.82) is 0 Å². The smallest absolute Gasteiger partial charge is 0.312 e. The zero-order valence-corrected chi connectivity index (χ0v) is 23.5. The minimum absolute atomic E-state index is 0.0814. The van der Waals surface area contributed by atoms with Crippen LogP contribution in [-0.2, 0) is 23.7 Å². The van der Waals surface area contributed by atoms with Crippen LogP contribution >= 0.6 is 11.8 Å². The van der Waals surface area contributed by atoms with Crippen molar-refractivity contribution >= 4 is 17.7 Å². The molecule has 4 unspecified atom stereocenters. The Morgan fingerprint density at radius 3 is 1.95 bits per heavy atom. The van der Waals surface area contributed by atoms with E-state index in [0.29, 0.717) is 12.2 Å². The van der Waals surface area contributed by atoms with Crippen molar-refractivity contribution in [3.8, 4) is 5.75 Å². The van der Waals surface area contributed by atoms with Crippen LogP contribution < -0.4 is 4.74 Å². The SMILES string of the molecule is CC1[C@@H](OCCCSCCC(=O)Oc2c(F)c(F)c(F)c(F)c2F)OC(CO)[C@H](O)[C@@H]1O[C@@H]1OC(CO)[C@H](O)[C@H](O)C1O. The predicted molar refractivity (Wildman–Crippen MR) is 134 cm³/mol. The first kappa shape index (κ1) is 35.8. The van der Waals surface area contributed by atoms with E-state index in [1.165, 1.54) is 11.8 Å². The first-order valence-electron chi connectivity index (χ1n) is 13.2. The van der Waals surface area contributed by atoms with E-state index in [1.54, 1.807) is 6.92 Å². The number of benzene rings is 1. The largest absolute Gasteiger partial charge is 0.420 e. The number of aliphatic hydroxyl groups is 6. The van der Waals surface area contributed by atoms with Gasteiger partial charge in [0.15, 0.2) is 12.6 Å². The van der Waals surface area contributed by atoms with Crippen molar-refractivity contribution < 1.29 is 81.1 Å². The van der Waals surface area contributed by atoms with Crippen LogP contribution in [0.25, 0.3) is 0 Å². The van der Waals surface area contributed by atoms with E-state index < -0.39 is 122 Å². The Morgan fingerprint density at radius 1 is 0.791 bits per heavy atom. The molecule has 0 bridgehead atoms. The highest BCUT2D eigenvalue weighted by Crippen LogP contribution is 2.33. The molecule has 43 heavy (non-hydrogen) atoms. The number of thioether (sulfide) groups is 1. The molecule has 0 aliphatic carbocycles. The number of hydrogen-bond acceptors (Lipinski definition) is 13. The van der Waals surface area contributed by atoms with E-state index >= 15 is 0 Å². The summed E-state index contributed by atoms with van der Waals surface area (Å²) in [5.41, 5.74) is 0. The maximum Gasteiger partial charge on any atom is 0.312 e. The van der Waals surface area contributed by atoms with Crippen molar-refractivity contribution in [1.82, 2.24) is 0 Å². The fraction of sp³-hybridized carbons (Fsp3) is 0.720. The summed E-state index contributed by atoms with van der Waals surface area (Å²) in [5, 5.41) is 59.9. The third kappa shape index (κ3) is 8.31. The molecule has 0 radical (unpaired) electrons. The number of hydrogen-bond donors (Lipinski definition) is 6. The van der Waals surface area contributed by atoms with Crippen LogP contribution in [0.3, 0.4) is 0 Å². The van der Waals surface area contributed by atoms with Gasteiger partial charge in [0.1, 0.15) is 36.6 Å². The van der Waals surface area contributed by atoms with Gasteiger partial charge in [0, 0.05) is 11.7 Å². The number of ether oxygens (including phenoxy) is 5. The fourth-order valence-corrected chi connectivity index (χ4v) is 5.23. The van der Waals surface area contributed by atoms with Crippen molar-refractivity contribution in [2.45, 2.75) is 75.1 Å². The maximum absolute atomic E-state index is 13.7. The molecule has 6 N–H and O–H groups in total. The maximum atomic E-state index is 13.7. The Labute approximate surface area is 246 Å². The lowest BCUT2D eigenvalue weighted by Crippen LogP contribution is -2.63. The highest BCUT2D eigenvalue weighted by Gasteiger charge is 2.50. The molecule has 2 aliphatic rings. The van der Waals surface area contributed by atoms with Crippen LogP contribution in [0.5, 0.6) is 5.75 Å². The Morgan fingerprint density at radius 2 is 1.35 bits per heavy atom. The molecule has 1 aromatic carbocycles. The van der Waals surface area contributed by atoms with Gasteiger partial charge in [-0.3, -0.25) is 4.79 Å². The minimum atomic E-state index is -2.37. The molecule has 2 saturated heterocycles. The normalized spacial score (nSPS) is 33.0. The van der Waals surface area contributed by atoms with E-state index in [2.05, 4.69) is 4.74 Å². The van der Waals surface area contributed by atoms with Gasteiger partial charge < -0.3 is 54.3 Å². The second kappa shape index (κ2) is 16.0. The topological polar surface area (TPSA) is 185 Å². The number of rotatable bonds is 13. The van der Waals surface area contributed by atoms with Gasteiger partial charge in [-0.15, -0.1) is 0 Å². The molecule has 2 aliphatic heterocycles. The van der Waals surface area contributed by atoms with Crippen molar-refractivity contribution in [3.05, 3.63) is 29.1 Å². The number of carbonyl (C=O) groups is 1. The van der Waals surface area contributed by atoms with Crippen molar-refractivity contribution in [2.24, 2.45) is 5.92 Å². The summed E-state index contributed by atoms with van der Waals surface area (Å²) in [4.78, 5) is 11.8. The molecule has 2 heterocycles. The molecule has 12 nitrogen and oxygen atoms in total. The second-order valence-electron chi connectivity index (χ2n) is 9.83. The van der Waals surface area contributed by atoms with Crippen LogP contribution in [-0.4, -0.2) is 123 Å². The molecule has 3 rings (SSSR count). The van der Waals surface area contributed by atoms with Crippen LogP contribution in [0, 0.1) is 35.0 Å². The lowest BCUT2D eigenvalue weighted by atomic mass is 9.91. The highest BCUT2D eigenvalue weighted by atomic mass is 32.2. The Balaban J connectivity index is 1.44. The van der Waals surface area contributed by atoms with Gasteiger partial charge in [-0.1, -0.05) is 6.92 Å². The number of aliphatic hydroxyl groups excluding tert-OH is 6. The molecule has 18 heteroatoms. The Hall–Kier alpha value is -1.71. The molecule has 0 aromatic heterocycles. The first-order chi connectivity index (χ1) is 20.3. The summed E-state index contributed by atoms with van der Waals surface area (Å²) in [6.07, 6.45) is -12.6. The second-order valence-corrected chi connectivity index (χ2v) is 11.1. The molecule has 0 spiro atoms. The predicted octanol–water partition coefficient (Wildman–Crippen LogP) is -0.283. The van der Waals surface area contributed by atoms with E-state index in [-0.39, 0.29) is 12.4 Å². The summed E-state index contributed by atoms with van der Waals surface area (Å²) < 4.78 is 93.6. The van der Waals surface area contributed by atoms with Gasteiger partial charge in [-0.2, -0.15) is 20.5 Å². The van der Waals surface area contributed by atoms with E-state index in [4.69, 9.17) is 18.9 Å². The summed E-state index contributed by atoms with van der Waals surface area (Å²) in [7, 11) is 0.